The van der Waals surface area contributed by atoms with Crippen molar-refractivity contribution in [2.75, 3.05) is 0 Å². The highest BCUT2D eigenvalue weighted by Crippen LogP contribution is 2.21. The van der Waals surface area contributed by atoms with E-state index in [1.807, 2.05) is 0 Å². The minimum Gasteiger partial charge on any atom is -0.310 e. The van der Waals surface area contributed by atoms with Gasteiger partial charge in [-0.15, -0.1) is 0 Å². The summed E-state index contributed by atoms with van der Waals surface area (Å²) < 4.78 is 0. The van der Waals surface area contributed by atoms with Crippen LogP contribution in [0.2, 0.25) is 0 Å². The van der Waals surface area contributed by atoms with Crippen LogP contribution < -0.4 is 5.32 Å². The highest BCUT2D eigenvalue weighted by atomic mass is 14.9. The molecule has 0 radical (unpaired) electrons. The van der Waals surface area contributed by atoms with Gasteiger partial charge < -0.3 is 5.32 Å². The summed E-state index contributed by atoms with van der Waals surface area (Å²) in [5.41, 5.74) is 2.96. The number of benzene rings is 1. The Kier molecular flexibility index (Phi) is 3.42. The van der Waals surface area contributed by atoms with Gasteiger partial charge in [-0.2, -0.15) is 0 Å². The zero-order chi connectivity index (χ0) is 10.7. The van der Waals surface area contributed by atoms with E-state index in [9.17, 15) is 0 Å². The lowest BCUT2D eigenvalue weighted by molar-refractivity contribution is 0.338. The molecule has 0 aromatic heterocycles. The first-order chi connectivity index (χ1) is 7.27. The zero-order valence-electron chi connectivity index (χ0n) is 9.79. The molecule has 1 saturated carbocycles. The molecule has 0 spiro atoms. The predicted octanol–water partition coefficient (Wildman–Crippen LogP) is 3.45. The van der Waals surface area contributed by atoms with Crippen molar-refractivity contribution in [3.05, 3.63) is 35.4 Å². The maximum absolute atomic E-state index is 3.63. The Morgan fingerprint density at radius 3 is 2.60 bits per heavy atom. The van der Waals surface area contributed by atoms with E-state index in [4.69, 9.17) is 0 Å². The van der Waals surface area contributed by atoms with Crippen LogP contribution in [0.4, 0.5) is 0 Å². The van der Waals surface area contributed by atoms with Gasteiger partial charge in [0.25, 0.3) is 0 Å². The lowest BCUT2D eigenvalue weighted by atomic mass is 9.92. The molecular formula is C14H21N. The minimum atomic E-state index is 0.629. The van der Waals surface area contributed by atoms with E-state index in [1.165, 1.54) is 30.4 Å². The SMILES string of the molecule is CC(C)c1ccccc1CNC1CCC1. The molecule has 1 heteroatoms. The molecule has 0 unspecified atom stereocenters. The Bertz CT molecular complexity index is 313. The van der Waals surface area contributed by atoms with Gasteiger partial charge in [0, 0.05) is 12.6 Å². The van der Waals surface area contributed by atoms with Crippen LogP contribution in [0.5, 0.6) is 0 Å². The summed E-state index contributed by atoms with van der Waals surface area (Å²) in [6, 6.07) is 9.57. The molecule has 0 heterocycles. The van der Waals surface area contributed by atoms with Crippen molar-refractivity contribution in [3.63, 3.8) is 0 Å². The van der Waals surface area contributed by atoms with E-state index < -0.39 is 0 Å². The van der Waals surface area contributed by atoms with Crippen molar-refractivity contribution in [2.24, 2.45) is 0 Å². The van der Waals surface area contributed by atoms with Gasteiger partial charge in [-0.25, -0.2) is 0 Å². The third-order valence-electron chi connectivity index (χ3n) is 3.36. The summed E-state index contributed by atoms with van der Waals surface area (Å²) >= 11 is 0. The van der Waals surface area contributed by atoms with Gasteiger partial charge >= 0.3 is 0 Å². The standard InChI is InChI=1S/C14H21N/c1-11(2)14-9-4-3-6-12(14)10-15-13-7-5-8-13/h3-4,6,9,11,13,15H,5,7-8,10H2,1-2H3. The van der Waals surface area contributed by atoms with Crippen LogP contribution in [0.1, 0.15) is 50.2 Å². The molecular weight excluding hydrogens is 182 g/mol. The van der Waals surface area contributed by atoms with Gasteiger partial charge in [0.15, 0.2) is 0 Å². The molecule has 0 aliphatic heterocycles. The summed E-state index contributed by atoms with van der Waals surface area (Å²) in [6.45, 7) is 5.57. The Labute approximate surface area is 92.9 Å². The molecule has 1 nitrogen and oxygen atoms in total. The highest BCUT2D eigenvalue weighted by molar-refractivity contribution is 5.29. The van der Waals surface area contributed by atoms with Crippen LogP contribution >= 0.6 is 0 Å². The maximum atomic E-state index is 3.63. The number of hydrogen-bond donors (Lipinski definition) is 1. The quantitative estimate of drug-likeness (QED) is 0.790. The molecule has 82 valence electrons. The third kappa shape index (κ3) is 2.60. The van der Waals surface area contributed by atoms with Gasteiger partial charge in [0.05, 0.1) is 0 Å². The van der Waals surface area contributed by atoms with Crippen LogP contribution in [0.25, 0.3) is 0 Å². The number of rotatable bonds is 4. The highest BCUT2D eigenvalue weighted by Gasteiger charge is 2.16. The van der Waals surface area contributed by atoms with Crippen LogP contribution in [0.15, 0.2) is 24.3 Å². The minimum absolute atomic E-state index is 0.629. The summed E-state index contributed by atoms with van der Waals surface area (Å²) in [7, 11) is 0. The smallest absolute Gasteiger partial charge is 0.0210 e. The lowest BCUT2D eigenvalue weighted by Gasteiger charge is -2.27. The molecule has 0 amide bonds. The topological polar surface area (TPSA) is 12.0 Å². The van der Waals surface area contributed by atoms with Crippen LogP contribution in [-0.2, 0) is 6.54 Å². The van der Waals surface area contributed by atoms with Crippen LogP contribution in [-0.4, -0.2) is 6.04 Å². The second-order valence-electron chi connectivity index (χ2n) is 4.86. The van der Waals surface area contributed by atoms with Gasteiger partial charge in [-0.1, -0.05) is 44.5 Å². The van der Waals surface area contributed by atoms with Crippen molar-refractivity contribution in [3.8, 4) is 0 Å². The molecule has 15 heavy (non-hydrogen) atoms. The van der Waals surface area contributed by atoms with Crippen molar-refractivity contribution < 1.29 is 0 Å². The lowest BCUT2D eigenvalue weighted by Crippen LogP contribution is -2.34. The first-order valence-corrected chi connectivity index (χ1v) is 6.08. The normalized spacial score (nSPS) is 16.7. The molecule has 1 fully saturated rings. The molecule has 2 rings (SSSR count). The van der Waals surface area contributed by atoms with E-state index in [-0.39, 0.29) is 0 Å². The molecule has 0 saturated heterocycles. The molecule has 1 aliphatic rings. The van der Waals surface area contributed by atoms with E-state index in [0.29, 0.717) is 5.92 Å². The Morgan fingerprint density at radius 1 is 1.27 bits per heavy atom. The zero-order valence-corrected chi connectivity index (χ0v) is 9.79. The maximum Gasteiger partial charge on any atom is 0.0210 e. The summed E-state index contributed by atoms with van der Waals surface area (Å²) in [5.74, 6) is 0.629. The predicted molar refractivity (Wildman–Crippen MR) is 65.0 cm³/mol. The van der Waals surface area contributed by atoms with Crippen molar-refractivity contribution in [1.82, 2.24) is 5.32 Å². The first kappa shape index (κ1) is 10.7. The molecule has 1 N–H and O–H groups in total. The average Bonchev–Trinajstić information content (AvgIpc) is 2.16. The van der Waals surface area contributed by atoms with Gasteiger partial charge in [-0.3, -0.25) is 0 Å². The molecule has 1 aliphatic carbocycles. The average molecular weight is 203 g/mol. The third-order valence-corrected chi connectivity index (χ3v) is 3.36. The monoisotopic (exact) mass is 203 g/mol. The summed E-state index contributed by atoms with van der Waals surface area (Å²) in [6.07, 6.45) is 4.14. The second-order valence-corrected chi connectivity index (χ2v) is 4.86. The molecule has 0 bridgehead atoms. The molecule has 1 aromatic rings. The van der Waals surface area contributed by atoms with E-state index in [2.05, 4.69) is 43.4 Å². The summed E-state index contributed by atoms with van der Waals surface area (Å²) in [5, 5.41) is 3.63. The van der Waals surface area contributed by atoms with Crippen molar-refractivity contribution >= 4 is 0 Å². The van der Waals surface area contributed by atoms with Gasteiger partial charge in [0.1, 0.15) is 0 Å². The first-order valence-electron chi connectivity index (χ1n) is 6.08. The number of nitrogens with one attached hydrogen (secondary N) is 1. The Morgan fingerprint density at radius 2 is 2.00 bits per heavy atom. The van der Waals surface area contributed by atoms with Gasteiger partial charge in [0.2, 0.25) is 0 Å². The molecule has 0 atom stereocenters. The molecule has 1 aromatic carbocycles. The largest absolute Gasteiger partial charge is 0.310 e. The van der Waals surface area contributed by atoms with E-state index in [1.54, 1.807) is 0 Å². The van der Waals surface area contributed by atoms with E-state index >= 15 is 0 Å². The number of hydrogen-bond acceptors (Lipinski definition) is 1. The second kappa shape index (κ2) is 4.80. The fraction of sp³-hybridized carbons (Fsp3) is 0.571. The van der Waals surface area contributed by atoms with Gasteiger partial charge in [-0.05, 0) is 29.9 Å². The van der Waals surface area contributed by atoms with Crippen molar-refractivity contribution in [2.45, 2.75) is 51.6 Å². The van der Waals surface area contributed by atoms with E-state index in [0.717, 1.165) is 12.6 Å². The fourth-order valence-corrected chi connectivity index (χ4v) is 2.13. The Balaban J connectivity index is 1.99. The Hall–Kier alpha value is -0.820. The van der Waals surface area contributed by atoms with Crippen LogP contribution in [0.3, 0.4) is 0 Å². The van der Waals surface area contributed by atoms with Crippen molar-refractivity contribution in [1.29, 1.82) is 0 Å². The summed E-state index contributed by atoms with van der Waals surface area (Å²) in [4.78, 5) is 0. The van der Waals surface area contributed by atoms with Crippen LogP contribution in [0, 0.1) is 0 Å². The fourth-order valence-electron chi connectivity index (χ4n) is 2.13.